The summed E-state index contributed by atoms with van der Waals surface area (Å²) in [5.41, 5.74) is 0.268. The van der Waals surface area contributed by atoms with E-state index in [9.17, 15) is 14.4 Å². The van der Waals surface area contributed by atoms with Crippen molar-refractivity contribution >= 4 is 34.9 Å². The molecule has 1 fully saturated rings. The molecule has 6 nitrogen and oxygen atoms in total. The number of Topliss-reactive ketones (excluding diaryl/α,β-unsaturated/α-hetero) is 1. The average molecular weight is 441 g/mol. The molecule has 2 heterocycles. The molecular weight excluding hydrogens is 416 g/mol. The maximum Gasteiger partial charge on any atom is 0.271 e. The van der Waals surface area contributed by atoms with E-state index in [4.69, 9.17) is 16.3 Å². The Labute approximate surface area is 186 Å². The molecule has 7 heteroatoms. The van der Waals surface area contributed by atoms with Gasteiger partial charge in [-0.2, -0.15) is 0 Å². The molecule has 0 aliphatic carbocycles. The minimum Gasteiger partial charge on any atom is -0.476 e. The van der Waals surface area contributed by atoms with Gasteiger partial charge in [-0.05, 0) is 75.6 Å². The zero-order chi connectivity index (χ0) is 22.2. The molecule has 0 aromatic heterocycles. The lowest BCUT2D eigenvalue weighted by molar-refractivity contribution is -0.132. The Morgan fingerprint density at radius 2 is 1.65 bits per heavy atom. The molecule has 1 saturated heterocycles. The monoisotopic (exact) mass is 440 g/mol. The highest BCUT2D eigenvalue weighted by molar-refractivity contribution is 6.30. The molecule has 2 aromatic rings. The number of nitrogens with zero attached hydrogens (tertiary/aromatic N) is 2. The Kier molecular flexibility index (Phi) is 5.75. The number of carbonyl (C=O) groups excluding carboxylic acids is 3. The van der Waals surface area contributed by atoms with E-state index in [1.165, 1.54) is 4.90 Å². The molecule has 2 aromatic carbocycles. The molecule has 0 saturated carbocycles. The van der Waals surface area contributed by atoms with Crippen LogP contribution >= 0.6 is 11.6 Å². The standard InChI is InChI=1S/C24H25ClN2O4/c1-24(2)23(30)27(15-20(28)16-6-9-18(25)10-7-16)19-14-17(8-11-21(19)31-24)22(29)26-12-4-3-5-13-26/h6-11,14H,3-5,12-13,15H2,1-2H3. The average Bonchev–Trinajstić information content (AvgIpc) is 2.77. The van der Waals surface area contributed by atoms with Crippen LogP contribution in [0.15, 0.2) is 42.5 Å². The van der Waals surface area contributed by atoms with Crippen molar-refractivity contribution in [2.75, 3.05) is 24.5 Å². The van der Waals surface area contributed by atoms with Crippen LogP contribution in [0.5, 0.6) is 5.75 Å². The number of amides is 2. The Balaban J connectivity index is 1.66. The fraction of sp³-hybridized carbons (Fsp3) is 0.375. The molecule has 0 spiro atoms. The number of piperidine rings is 1. The van der Waals surface area contributed by atoms with Gasteiger partial charge in [0.05, 0.1) is 12.2 Å². The van der Waals surface area contributed by atoms with E-state index in [0.717, 1.165) is 32.4 Å². The second-order valence-corrected chi connectivity index (χ2v) is 8.91. The van der Waals surface area contributed by atoms with Crippen molar-refractivity contribution < 1.29 is 19.1 Å². The molecule has 4 rings (SSSR count). The summed E-state index contributed by atoms with van der Waals surface area (Å²) in [7, 11) is 0. The third kappa shape index (κ3) is 4.30. The van der Waals surface area contributed by atoms with Crippen LogP contribution in [0.25, 0.3) is 0 Å². The maximum atomic E-state index is 13.1. The van der Waals surface area contributed by atoms with Crippen molar-refractivity contribution in [3.63, 3.8) is 0 Å². The van der Waals surface area contributed by atoms with Crippen LogP contribution in [-0.4, -0.2) is 47.7 Å². The lowest BCUT2D eigenvalue weighted by Gasteiger charge is -2.38. The molecule has 162 valence electrons. The van der Waals surface area contributed by atoms with Crippen molar-refractivity contribution in [3.05, 3.63) is 58.6 Å². The molecule has 0 atom stereocenters. The highest BCUT2D eigenvalue weighted by atomic mass is 35.5. The summed E-state index contributed by atoms with van der Waals surface area (Å²) in [6.07, 6.45) is 3.12. The van der Waals surface area contributed by atoms with Crippen LogP contribution in [0.4, 0.5) is 5.69 Å². The van der Waals surface area contributed by atoms with E-state index in [0.29, 0.717) is 27.6 Å². The second-order valence-electron chi connectivity index (χ2n) is 8.47. The van der Waals surface area contributed by atoms with Gasteiger partial charge in [0.1, 0.15) is 5.75 Å². The molecule has 2 aliphatic rings. The first-order valence-electron chi connectivity index (χ1n) is 10.5. The first-order valence-corrected chi connectivity index (χ1v) is 10.9. The fourth-order valence-electron chi connectivity index (χ4n) is 4.01. The Morgan fingerprint density at radius 1 is 1.00 bits per heavy atom. The van der Waals surface area contributed by atoms with E-state index in [-0.39, 0.29) is 24.1 Å². The zero-order valence-electron chi connectivity index (χ0n) is 17.7. The number of fused-ring (bicyclic) bond motifs is 1. The molecule has 31 heavy (non-hydrogen) atoms. The first-order chi connectivity index (χ1) is 14.8. The largest absolute Gasteiger partial charge is 0.476 e. The SMILES string of the molecule is CC1(C)Oc2ccc(C(=O)N3CCCCC3)cc2N(CC(=O)c2ccc(Cl)cc2)C1=O. The van der Waals surface area contributed by atoms with Gasteiger partial charge in [-0.25, -0.2) is 0 Å². The number of ether oxygens (including phenoxy) is 1. The van der Waals surface area contributed by atoms with Crippen molar-refractivity contribution in [1.82, 2.24) is 4.90 Å². The number of halogens is 1. The van der Waals surface area contributed by atoms with Crippen LogP contribution in [0.2, 0.25) is 5.02 Å². The van der Waals surface area contributed by atoms with Crippen LogP contribution in [0, 0.1) is 0 Å². The van der Waals surface area contributed by atoms with Crippen LogP contribution in [0.3, 0.4) is 0 Å². The summed E-state index contributed by atoms with van der Waals surface area (Å²) in [5, 5.41) is 0.534. The van der Waals surface area contributed by atoms with Gasteiger partial charge < -0.3 is 9.64 Å². The fourth-order valence-corrected chi connectivity index (χ4v) is 4.13. The topological polar surface area (TPSA) is 66.9 Å². The van der Waals surface area contributed by atoms with Crippen LogP contribution in [0.1, 0.15) is 53.8 Å². The predicted molar refractivity (Wildman–Crippen MR) is 119 cm³/mol. The smallest absolute Gasteiger partial charge is 0.271 e. The van der Waals surface area contributed by atoms with Crippen LogP contribution in [-0.2, 0) is 4.79 Å². The van der Waals surface area contributed by atoms with Gasteiger partial charge in [0, 0.05) is 29.2 Å². The summed E-state index contributed by atoms with van der Waals surface area (Å²) >= 11 is 5.92. The van der Waals surface area contributed by atoms with E-state index >= 15 is 0 Å². The van der Waals surface area contributed by atoms with E-state index in [2.05, 4.69) is 0 Å². The summed E-state index contributed by atoms with van der Waals surface area (Å²) in [6, 6.07) is 11.7. The number of likely N-dealkylation sites (tertiary alicyclic amines) is 1. The number of anilines is 1. The van der Waals surface area contributed by atoms with Gasteiger partial charge in [0.15, 0.2) is 11.4 Å². The van der Waals surface area contributed by atoms with Gasteiger partial charge >= 0.3 is 0 Å². The van der Waals surface area contributed by atoms with Crippen molar-refractivity contribution in [2.24, 2.45) is 0 Å². The zero-order valence-corrected chi connectivity index (χ0v) is 18.4. The minimum atomic E-state index is -1.12. The van der Waals surface area contributed by atoms with E-state index in [1.807, 2.05) is 4.90 Å². The second kappa shape index (κ2) is 8.35. The molecule has 2 amide bonds. The first kappa shape index (κ1) is 21.4. The summed E-state index contributed by atoms with van der Waals surface area (Å²) < 4.78 is 5.90. The van der Waals surface area contributed by atoms with Crippen molar-refractivity contribution in [1.29, 1.82) is 0 Å². The third-order valence-corrected chi connectivity index (χ3v) is 5.99. The normalized spacial score (nSPS) is 17.7. The number of carbonyl (C=O) groups is 3. The number of ketones is 1. The summed E-state index contributed by atoms with van der Waals surface area (Å²) in [6.45, 7) is 4.66. The number of hydrogen-bond donors (Lipinski definition) is 0. The minimum absolute atomic E-state index is 0.0660. The lowest BCUT2D eigenvalue weighted by atomic mass is 10.0. The van der Waals surface area contributed by atoms with E-state index < -0.39 is 5.60 Å². The molecule has 2 aliphatic heterocycles. The van der Waals surface area contributed by atoms with Crippen LogP contribution < -0.4 is 9.64 Å². The summed E-state index contributed by atoms with van der Waals surface area (Å²) in [5.74, 6) is -0.140. The van der Waals surface area contributed by atoms with Gasteiger partial charge in [-0.1, -0.05) is 11.6 Å². The lowest BCUT2D eigenvalue weighted by Crippen LogP contribution is -2.54. The maximum absolute atomic E-state index is 13.1. The van der Waals surface area contributed by atoms with Gasteiger partial charge in [-0.15, -0.1) is 0 Å². The predicted octanol–water partition coefficient (Wildman–Crippen LogP) is 4.35. The highest BCUT2D eigenvalue weighted by Crippen LogP contribution is 2.39. The Morgan fingerprint density at radius 3 is 2.32 bits per heavy atom. The van der Waals surface area contributed by atoms with Crippen molar-refractivity contribution in [3.8, 4) is 5.75 Å². The van der Waals surface area contributed by atoms with Gasteiger partial charge in [0.25, 0.3) is 11.8 Å². The molecule has 0 bridgehead atoms. The quantitative estimate of drug-likeness (QED) is 0.663. The Bertz CT molecular complexity index is 1030. The number of hydrogen-bond acceptors (Lipinski definition) is 4. The molecule has 0 radical (unpaired) electrons. The van der Waals surface area contributed by atoms with E-state index in [1.54, 1.807) is 56.3 Å². The number of benzene rings is 2. The highest BCUT2D eigenvalue weighted by Gasteiger charge is 2.42. The number of rotatable bonds is 4. The third-order valence-electron chi connectivity index (χ3n) is 5.73. The van der Waals surface area contributed by atoms with Gasteiger partial charge in [0.2, 0.25) is 0 Å². The van der Waals surface area contributed by atoms with Crippen molar-refractivity contribution in [2.45, 2.75) is 38.7 Å². The molecular formula is C24H25ClN2O4. The molecule has 0 unspecified atom stereocenters. The van der Waals surface area contributed by atoms with Gasteiger partial charge in [-0.3, -0.25) is 19.3 Å². The molecule has 0 N–H and O–H groups in total. The Hall–Kier alpha value is -2.86. The summed E-state index contributed by atoms with van der Waals surface area (Å²) in [4.78, 5) is 42.3.